The lowest BCUT2D eigenvalue weighted by atomic mass is 9.91. The second kappa shape index (κ2) is 6.91. The highest BCUT2D eigenvalue weighted by Gasteiger charge is 2.43. The smallest absolute Gasteiger partial charge is 0.337 e. The van der Waals surface area contributed by atoms with Crippen LogP contribution in [0.2, 0.25) is 0 Å². The monoisotopic (exact) mass is 367 g/mol. The van der Waals surface area contributed by atoms with Crippen LogP contribution in [0.1, 0.15) is 33.2 Å². The van der Waals surface area contributed by atoms with Gasteiger partial charge in [0, 0.05) is 11.3 Å². The number of hydrogen-bond acceptors (Lipinski definition) is 5. The zero-order valence-corrected chi connectivity index (χ0v) is 14.7. The Labute approximate surface area is 154 Å². The number of amides is 4. The van der Waals surface area contributed by atoms with Gasteiger partial charge in [-0.3, -0.25) is 14.9 Å². The van der Waals surface area contributed by atoms with Gasteiger partial charge in [-0.2, -0.15) is 0 Å². The number of methoxy groups -OCH3 is 1. The van der Waals surface area contributed by atoms with Gasteiger partial charge in [-0.05, 0) is 48.9 Å². The molecule has 0 spiro atoms. The number of anilines is 1. The maximum atomic E-state index is 12.4. The molecular formula is C19H17N3O5. The van der Waals surface area contributed by atoms with Crippen molar-refractivity contribution in [1.82, 2.24) is 10.6 Å². The van der Waals surface area contributed by atoms with Gasteiger partial charge in [0.2, 0.25) is 0 Å². The van der Waals surface area contributed by atoms with Gasteiger partial charge in [0.25, 0.3) is 11.8 Å². The molecule has 1 atom stereocenters. The highest BCUT2D eigenvalue weighted by atomic mass is 16.5. The minimum Gasteiger partial charge on any atom is -0.465 e. The van der Waals surface area contributed by atoms with E-state index in [4.69, 9.17) is 0 Å². The minimum atomic E-state index is -1.17. The Morgan fingerprint density at radius 1 is 0.963 bits per heavy atom. The standard InChI is InChI=1S/C19H17N3O5/c1-19(17(25)21-18(26)22-19)13-7-3-11(4-8-13)15(23)20-14-9-5-12(6-10-14)16(24)27-2/h3-10H,1-2H3,(H,20,23)(H2,21,22,25,26)/t19-/m0/s1. The van der Waals surface area contributed by atoms with Crippen LogP contribution in [0, 0.1) is 0 Å². The number of carbonyl (C=O) groups excluding carboxylic acids is 4. The van der Waals surface area contributed by atoms with E-state index in [0.717, 1.165) is 0 Å². The Balaban J connectivity index is 1.72. The van der Waals surface area contributed by atoms with Crippen molar-refractivity contribution in [1.29, 1.82) is 0 Å². The summed E-state index contributed by atoms with van der Waals surface area (Å²) in [6, 6.07) is 12.1. The Bertz CT molecular complexity index is 921. The van der Waals surface area contributed by atoms with E-state index in [2.05, 4.69) is 20.7 Å². The average Bonchev–Trinajstić information content (AvgIpc) is 2.94. The van der Waals surface area contributed by atoms with E-state index in [1.807, 2.05) is 0 Å². The number of ether oxygens (including phenoxy) is 1. The lowest BCUT2D eigenvalue weighted by Gasteiger charge is -2.21. The fourth-order valence-corrected chi connectivity index (χ4v) is 2.71. The van der Waals surface area contributed by atoms with Gasteiger partial charge < -0.3 is 15.4 Å². The topological polar surface area (TPSA) is 114 Å². The molecule has 138 valence electrons. The molecule has 8 nitrogen and oxygen atoms in total. The number of benzene rings is 2. The van der Waals surface area contributed by atoms with Crippen LogP contribution >= 0.6 is 0 Å². The van der Waals surface area contributed by atoms with E-state index in [1.54, 1.807) is 55.5 Å². The van der Waals surface area contributed by atoms with E-state index >= 15 is 0 Å². The molecule has 0 bridgehead atoms. The summed E-state index contributed by atoms with van der Waals surface area (Å²) in [5, 5.41) is 7.47. The fourth-order valence-electron chi connectivity index (χ4n) is 2.71. The molecule has 0 aromatic heterocycles. The Morgan fingerprint density at radius 2 is 1.56 bits per heavy atom. The molecule has 1 fully saturated rings. The van der Waals surface area contributed by atoms with Crippen molar-refractivity contribution in [3.8, 4) is 0 Å². The van der Waals surface area contributed by atoms with E-state index in [9.17, 15) is 19.2 Å². The fraction of sp³-hybridized carbons (Fsp3) is 0.158. The number of carbonyl (C=O) groups is 4. The Hall–Kier alpha value is -3.68. The van der Waals surface area contributed by atoms with Crippen molar-refractivity contribution in [2.45, 2.75) is 12.5 Å². The average molecular weight is 367 g/mol. The van der Waals surface area contributed by atoms with Crippen molar-refractivity contribution in [3.63, 3.8) is 0 Å². The summed E-state index contributed by atoms with van der Waals surface area (Å²) < 4.78 is 4.62. The molecule has 0 aliphatic carbocycles. The molecule has 1 saturated heterocycles. The first-order valence-corrected chi connectivity index (χ1v) is 8.07. The number of rotatable bonds is 4. The number of hydrogen-bond donors (Lipinski definition) is 3. The number of esters is 1. The Kier molecular flexibility index (Phi) is 4.64. The molecule has 8 heteroatoms. The van der Waals surface area contributed by atoms with Gasteiger partial charge in [0.15, 0.2) is 0 Å². The first-order chi connectivity index (χ1) is 12.8. The van der Waals surface area contributed by atoms with Crippen molar-refractivity contribution in [2.24, 2.45) is 0 Å². The quantitative estimate of drug-likeness (QED) is 0.563. The minimum absolute atomic E-state index is 0.350. The van der Waals surface area contributed by atoms with Crippen LogP contribution in [-0.2, 0) is 15.1 Å². The highest BCUT2D eigenvalue weighted by molar-refractivity contribution is 6.07. The first-order valence-electron chi connectivity index (χ1n) is 8.07. The van der Waals surface area contributed by atoms with Crippen molar-refractivity contribution < 1.29 is 23.9 Å². The molecule has 4 amide bonds. The van der Waals surface area contributed by atoms with Crippen LogP contribution in [-0.4, -0.2) is 30.9 Å². The summed E-state index contributed by atoms with van der Waals surface area (Å²) in [4.78, 5) is 47.1. The first kappa shape index (κ1) is 18.1. The van der Waals surface area contributed by atoms with Crippen LogP contribution in [0.4, 0.5) is 10.5 Å². The summed E-state index contributed by atoms with van der Waals surface area (Å²) >= 11 is 0. The molecule has 2 aromatic carbocycles. The molecule has 27 heavy (non-hydrogen) atoms. The van der Waals surface area contributed by atoms with Crippen LogP contribution in [0.5, 0.6) is 0 Å². The second-order valence-corrected chi connectivity index (χ2v) is 6.13. The highest BCUT2D eigenvalue weighted by Crippen LogP contribution is 2.24. The number of nitrogens with one attached hydrogen (secondary N) is 3. The van der Waals surface area contributed by atoms with Crippen molar-refractivity contribution >= 4 is 29.5 Å². The molecule has 2 aromatic rings. The summed E-state index contributed by atoms with van der Waals surface area (Å²) in [5.41, 5.74) is 0.667. The third kappa shape index (κ3) is 3.50. The molecule has 1 aliphatic heterocycles. The Morgan fingerprint density at radius 3 is 2.07 bits per heavy atom. The zero-order chi connectivity index (χ0) is 19.6. The van der Waals surface area contributed by atoms with Gasteiger partial charge >= 0.3 is 12.0 Å². The van der Waals surface area contributed by atoms with Crippen molar-refractivity contribution in [2.75, 3.05) is 12.4 Å². The van der Waals surface area contributed by atoms with E-state index in [-0.39, 0.29) is 5.91 Å². The van der Waals surface area contributed by atoms with E-state index in [0.29, 0.717) is 22.4 Å². The third-order valence-corrected chi connectivity index (χ3v) is 4.33. The third-order valence-electron chi connectivity index (χ3n) is 4.33. The molecule has 3 N–H and O–H groups in total. The summed E-state index contributed by atoms with van der Waals surface area (Å²) in [7, 11) is 1.29. The predicted octanol–water partition coefficient (Wildman–Crippen LogP) is 1.78. The molecule has 0 saturated carbocycles. The maximum absolute atomic E-state index is 12.4. The largest absolute Gasteiger partial charge is 0.465 e. The molecule has 1 aliphatic rings. The van der Waals surface area contributed by atoms with Gasteiger partial charge in [0.05, 0.1) is 12.7 Å². The number of urea groups is 1. The lowest BCUT2D eigenvalue weighted by Crippen LogP contribution is -2.40. The lowest BCUT2D eigenvalue weighted by molar-refractivity contribution is -0.123. The van der Waals surface area contributed by atoms with Crippen LogP contribution in [0.3, 0.4) is 0 Å². The normalized spacial score (nSPS) is 18.4. The number of imide groups is 1. The summed E-state index contributed by atoms with van der Waals surface area (Å²) in [6.45, 7) is 1.59. The molecule has 3 rings (SSSR count). The molecule has 1 heterocycles. The molecule has 0 radical (unpaired) electrons. The van der Waals surface area contributed by atoms with Gasteiger partial charge in [-0.25, -0.2) is 9.59 Å². The second-order valence-electron chi connectivity index (χ2n) is 6.13. The van der Waals surface area contributed by atoms with Crippen LogP contribution in [0.25, 0.3) is 0 Å². The van der Waals surface area contributed by atoms with E-state index in [1.165, 1.54) is 7.11 Å². The molecular weight excluding hydrogens is 350 g/mol. The van der Waals surface area contributed by atoms with E-state index < -0.39 is 23.4 Å². The molecule has 0 unspecified atom stereocenters. The zero-order valence-electron chi connectivity index (χ0n) is 14.7. The van der Waals surface area contributed by atoms with Gasteiger partial charge in [0.1, 0.15) is 5.54 Å². The van der Waals surface area contributed by atoms with Gasteiger partial charge in [-0.15, -0.1) is 0 Å². The van der Waals surface area contributed by atoms with Crippen LogP contribution < -0.4 is 16.0 Å². The summed E-state index contributed by atoms with van der Waals surface area (Å²) in [5.74, 6) is -1.26. The predicted molar refractivity (Wildman–Crippen MR) is 96.2 cm³/mol. The SMILES string of the molecule is COC(=O)c1ccc(NC(=O)c2ccc([C@]3(C)NC(=O)NC3=O)cc2)cc1. The summed E-state index contributed by atoms with van der Waals surface area (Å²) in [6.07, 6.45) is 0. The maximum Gasteiger partial charge on any atom is 0.337 e. The van der Waals surface area contributed by atoms with Crippen LogP contribution in [0.15, 0.2) is 48.5 Å². The van der Waals surface area contributed by atoms with Crippen molar-refractivity contribution in [3.05, 3.63) is 65.2 Å². The van der Waals surface area contributed by atoms with Gasteiger partial charge in [-0.1, -0.05) is 12.1 Å².